The van der Waals surface area contributed by atoms with Crippen LogP contribution in [0, 0.1) is 23.7 Å². The Labute approximate surface area is 85.7 Å². The molecule has 0 aliphatic heterocycles. The van der Waals surface area contributed by atoms with Crippen LogP contribution < -0.4 is 0 Å². The summed E-state index contributed by atoms with van der Waals surface area (Å²) in [6.45, 7) is 2.05. The van der Waals surface area contributed by atoms with Gasteiger partial charge in [0.15, 0.2) is 0 Å². The van der Waals surface area contributed by atoms with Crippen LogP contribution in [0.1, 0.15) is 45.4 Å². The fourth-order valence-electron chi connectivity index (χ4n) is 2.50. The molecule has 2 heteroatoms. The number of hydrogen-bond donors (Lipinski definition) is 1. The maximum Gasteiger partial charge on any atom is 0.309 e. The van der Waals surface area contributed by atoms with Gasteiger partial charge in [0.1, 0.15) is 0 Å². The number of rotatable bonds is 3. The van der Waals surface area contributed by atoms with E-state index in [0.717, 1.165) is 25.7 Å². The minimum atomic E-state index is -0.653. The Bertz CT molecular complexity index is 252. The van der Waals surface area contributed by atoms with Crippen molar-refractivity contribution in [3.8, 4) is 12.3 Å². The van der Waals surface area contributed by atoms with Gasteiger partial charge in [-0.1, -0.05) is 19.8 Å². The molecule has 0 bridgehead atoms. The first kappa shape index (κ1) is 11.1. The zero-order valence-corrected chi connectivity index (χ0v) is 8.75. The summed E-state index contributed by atoms with van der Waals surface area (Å²) in [5.74, 6) is 2.16. The number of carbonyl (C=O) groups is 1. The summed E-state index contributed by atoms with van der Waals surface area (Å²) in [5, 5.41) is 9.32. The van der Waals surface area contributed by atoms with Crippen LogP contribution >= 0.6 is 0 Å². The Morgan fingerprint density at radius 1 is 1.64 bits per heavy atom. The van der Waals surface area contributed by atoms with E-state index in [0.29, 0.717) is 12.8 Å². The van der Waals surface area contributed by atoms with Gasteiger partial charge in [-0.25, -0.2) is 0 Å². The molecule has 0 spiro atoms. The monoisotopic (exact) mass is 194 g/mol. The second kappa shape index (κ2) is 4.50. The quantitative estimate of drug-likeness (QED) is 0.701. The molecule has 14 heavy (non-hydrogen) atoms. The molecule has 0 saturated heterocycles. The van der Waals surface area contributed by atoms with Gasteiger partial charge in [0.05, 0.1) is 5.41 Å². The van der Waals surface area contributed by atoms with Gasteiger partial charge < -0.3 is 5.11 Å². The summed E-state index contributed by atoms with van der Waals surface area (Å²) in [6, 6.07) is 0. The molecule has 2 unspecified atom stereocenters. The Hall–Kier alpha value is -0.970. The molecule has 1 aliphatic carbocycles. The van der Waals surface area contributed by atoms with E-state index >= 15 is 0 Å². The van der Waals surface area contributed by atoms with Gasteiger partial charge in [0.25, 0.3) is 0 Å². The van der Waals surface area contributed by atoms with Crippen molar-refractivity contribution < 1.29 is 9.90 Å². The molecule has 1 rings (SSSR count). The van der Waals surface area contributed by atoms with E-state index in [9.17, 15) is 9.90 Å². The summed E-state index contributed by atoms with van der Waals surface area (Å²) in [6.07, 6.45) is 10.4. The highest BCUT2D eigenvalue weighted by Crippen LogP contribution is 2.44. The summed E-state index contributed by atoms with van der Waals surface area (Å²) in [7, 11) is 0. The lowest BCUT2D eigenvalue weighted by Crippen LogP contribution is -2.39. The maximum atomic E-state index is 11.3. The molecular formula is C12H18O2. The third-order valence-electron chi connectivity index (χ3n) is 3.59. The van der Waals surface area contributed by atoms with E-state index in [2.05, 4.69) is 5.92 Å². The highest BCUT2D eigenvalue weighted by Gasteiger charge is 2.44. The molecule has 0 aromatic heterocycles. The Morgan fingerprint density at radius 2 is 2.36 bits per heavy atom. The third-order valence-corrected chi connectivity index (χ3v) is 3.59. The third kappa shape index (κ3) is 1.92. The van der Waals surface area contributed by atoms with Gasteiger partial charge in [0, 0.05) is 6.42 Å². The van der Waals surface area contributed by atoms with Crippen molar-refractivity contribution in [1.82, 2.24) is 0 Å². The molecule has 0 aromatic rings. The van der Waals surface area contributed by atoms with Gasteiger partial charge in [-0.2, -0.15) is 0 Å². The molecule has 0 amide bonds. The Kier molecular flexibility index (Phi) is 3.57. The lowest BCUT2D eigenvalue weighted by molar-refractivity contribution is -0.155. The first-order valence-corrected chi connectivity index (χ1v) is 5.30. The van der Waals surface area contributed by atoms with E-state index in [-0.39, 0.29) is 5.92 Å². The van der Waals surface area contributed by atoms with E-state index in [4.69, 9.17) is 6.42 Å². The molecule has 1 aliphatic rings. The highest BCUT2D eigenvalue weighted by atomic mass is 16.4. The lowest BCUT2D eigenvalue weighted by atomic mass is 9.64. The fraction of sp³-hybridized carbons (Fsp3) is 0.750. The number of hydrogen-bond acceptors (Lipinski definition) is 1. The van der Waals surface area contributed by atoms with E-state index in [1.165, 1.54) is 0 Å². The van der Waals surface area contributed by atoms with E-state index in [1.54, 1.807) is 0 Å². The van der Waals surface area contributed by atoms with Crippen LogP contribution in [0.25, 0.3) is 0 Å². The van der Waals surface area contributed by atoms with Crippen LogP contribution in [-0.4, -0.2) is 11.1 Å². The molecule has 2 atom stereocenters. The molecular weight excluding hydrogens is 176 g/mol. The van der Waals surface area contributed by atoms with Crippen LogP contribution in [0.15, 0.2) is 0 Å². The van der Waals surface area contributed by atoms with Gasteiger partial charge in [-0.3, -0.25) is 4.79 Å². The van der Waals surface area contributed by atoms with Crippen LogP contribution in [0.3, 0.4) is 0 Å². The van der Waals surface area contributed by atoms with E-state index < -0.39 is 11.4 Å². The number of aliphatic carboxylic acids is 1. The number of carboxylic acids is 1. The minimum absolute atomic E-state index is 0.266. The molecule has 1 saturated carbocycles. The molecule has 2 nitrogen and oxygen atoms in total. The van der Waals surface area contributed by atoms with Gasteiger partial charge in [-0.15, -0.1) is 12.3 Å². The van der Waals surface area contributed by atoms with Gasteiger partial charge in [0.2, 0.25) is 0 Å². The summed E-state index contributed by atoms with van der Waals surface area (Å²) >= 11 is 0. The minimum Gasteiger partial charge on any atom is -0.481 e. The van der Waals surface area contributed by atoms with Crippen LogP contribution in [-0.2, 0) is 4.79 Å². The fourth-order valence-corrected chi connectivity index (χ4v) is 2.50. The highest BCUT2D eigenvalue weighted by molar-refractivity contribution is 5.75. The second-order valence-corrected chi connectivity index (χ2v) is 4.31. The summed E-state index contributed by atoms with van der Waals surface area (Å²) in [4.78, 5) is 11.3. The molecule has 1 N–H and O–H groups in total. The van der Waals surface area contributed by atoms with Crippen molar-refractivity contribution in [2.45, 2.75) is 45.4 Å². The van der Waals surface area contributed by atoms with Crippen molar-refractivity contribution in [1.29, 1.82) is 0 Å². The van der Waals surface area contributed by atoms with Crippen molar-refractivity contribution in [3.05, 3.63) is 0 Å². The van der Waals surface area contributed by atoms with Crippen molar-refractivity contribution in [2.24, 2.45) is 11.3 Å². The normalized spacial score (nSPS) is 32.1. The van der Waals surface area contributed by atoms with Gasteiger partial charge in [-0.05, 0) is 25.2 Å². The first-order chi connectivity index (χ1) is 6.63. The van der Waals surface area contributed by atoms with Crippen molar-refractivity contribution >= 4 is 5.97 Å². The molecule has 0 aromatic carbocycles. The number of terminal acetylenes is 1. The predicted molar refractivity (Wildman–Crippen MR) is 55.8 cm³/mol. The van der Waals surface area contributed by atoms with Crippen LogP contribution in [0.4, 0.5) is 0 Å². The maximum absolute atomic E-state index is 11.3. The van der Waals surface area contributed by atoms with Crippen LogP contribution in [0.2, 0.25) is 0 Å². The topological polar surface area (TPSA) is 37.3 Å². The summed E-state index contributed by atoms with van der Waals surface area (Å²) in [5.41, 5.74) is -0.537. The van der Waals surface area contributed by atoms with Crippen molar-refractivity contribution in [3.63, 3.8) is 0 Å². The lowest BCUT2D eigenvalue weighted by Gasteiger charge is -2.38. The standard InChI is InChI=1S/C12H18O2/c1-3-4-8-12(11(13)14)9-6-5-7-10(12)2/h1,10H,4-9H2,2H3,(H,13,14). The predicted octanol–water partition coefficient (Wildman–Crippen LogP) is 2.68. The molecule has 78 valence electrons. The summed E-state index contributed by atoms with van der Waals surface area (Å²) < 4.78 is 0. The SMILES string of the molecule is C#CCCC1(C(=O)O)CCCCC1C. The van der Waals surface area contributed by atoms with E-state index in [1.807, 2.05) is 6.92 Å². The Balaban J connectivity index is 2.79. The largest absolute Gasteiger partial charge is 0.481 e. The average Bonchev–Trinajstić information content (AvgIpc) is 2.16. The second-order valence-electron chi connectivity index (χ2n) is 4.31. The van der Waals surface area contributed by atoms with Crippen molar-refractivity contribution in [2.75, 3.05) is 0 Å². The van der Waals surface area contributed by atoms with Gasteiger partial charge >= 0.3 is 5.97 Å². The Morgan fingerprint density at radius 3 is 2.86 bits per heavy atom. The first-order valence-electron chi connectivity index (χ1n) is 5.30. The average molecular weight is 194 g/mol. The zero-order valence-electron chi connectivity index (χ0n) is 8.75. The molecule has 0 radical (unpaired) electrons. The van der Waals surface area contributed by atoms with Crippen LogP contribution in [0.5, 0.6) is 0 Å². The number of carboxylic acid groups (broad SMARTS) is 1. The zero-order chi connectivity index (χ0) is 10.6. The molecule has 0 heterocycles. The smallest absolute Gasteiger partial charge is 0.309 e. The molecule has 1 fully saturated rings.